The summed E-state index contributed by atoms with van der Waals surface area (Å²) in [6.07, 6.45) is 1.25. The first-order valence-electron chi connectivity index (χ1n) is 6.55. The van der Waals surface area contributed by atoms with Gasteiger partial charge in [-0.2, -0.15) is 0 Å². The Hall–Kier alpha value is -1.01. The molecule has 0 N–H and O–H groups in total. The molecule has 0 bridgehead atoms. The summed E-state index contributed by atoms with van der Waals surface area (Å²) in [5.41, 5.74) is 1.86. The van der Waals surface area contributed by atoms with Gasteiger partial charge < -0.3 is 0 Å². The standard InChI is InChI=1S/C14H20N2O2S2/c1-9(2)15-14-11(4)16(20(5,17)18)12-7-6-10(3)8-13(12)19-14/h6-9,11H,1-5H3. The molecule has 20 heavy (non-hydrogen) atoms. The molecule has 0 aliphatic carbocycles. The molecule has 0 spiro atoms. The molecule has 110 valence electrons. The van der Waals surface area contributed by atoms with Gasteiger partial charge in [0, 0.05) is 10.9 Å². The van der Waals surface area contributed by atoms with Crippen molar-refractivity contribution < 1.29 is 8.42 Å². The summed E-state index contributed by atoms with van der Waals surface area (Å²) in [5.74, 6) is 0. The number of sulfonamides is 1. The van der Waals surface area contributed by atoms with Gasteiger partial charge in [-0.15, -0.1) is 0 Å². The van der Waals surface area contributed by atoms with E-state index in [1.54, 1.807) is 11.8 Å². The van der Waals surface area contributed by atoms with E-state index in [1.807, 2.05) is 45.9 Å². The van der Waals surface area contributed by atoms with E-state index in [2.05, 4.69) is 4.99 Å². The third-order valence-corrected chi connectivity index (χ3v) is 5.45. The first-order valence-corrected chi connectivity index (χ1v) is 9.22. The van der Waals surface area contributed by atoms with Gasteiger partial charge in [0.1, 0.15) is 0 Å². The van der Waals surface area contributed by atoms with Gasteiger partial charge in [-0.05, 0) is 45.4 Å². The first kappa shape index (κ1) is 15.4. The molecule has 0 amide bonds. The third-order valence-electron chi connectivity index (χ3n) is 3.02. The van der Waals surface area contributed by atoms with Crippen LogP contribution < -0.4 is 4.31 Å². The molecule has 0 saturated carbocycles. The summed E-state index contributed by atoms with van der Waals surface area (Å²) in [4.78, 5) is 5.54. The Kier molecular flexibility index (Phi) is 4.16. The fourth-order valence-corrected chi connectivity index (χ4v) is 4.84. The van der Waals surface area contributed by atoms with Gasteiger partial charge in [-0.3, -0.25) is 9.30 Å². The number of anilines is 1. The number of aryl methyl sites for hydroxylation is 1. The molecule has 1 aromatic rings. The molecule has 1 heterocycles. The van der Waals surface area contributed by atoms with Gasteiger partial charge in [-0.25, -0.2) is 8.42 Å². The number of fused-ring (bicyclic) bond motifs is 1. The lowest BCUT2D eigenvalue weighted by Gasteiger charge is -2.35. The highest BCUT2D eigenvalue weighted by atomic mass is 32.2. The van der Waals surface area contributed by atoms with E-state index in [-0.39, 0.29) is 12.1 Å². The molecule has 1 aliphatic rings. The number of benzene rings is 1. The van der Waals surface area contributed by atoms with Crippen LogP contribution in [-0.2, 0) is 10.0 Å². The van der Waals surface area contributed by atoms with Crippen molar-refractivity contribution in [3.8, 4) is 0 Å². The molecule has 1 unspecified atom stereocenters. The normalized spacial score (nSPS) is 21.4. The van der Waals surface area contributed by atoms with Crippen LogP contribution >= 0.6 is 11.8 Å². The van der Waals surface area contributed by atoms with Crippen LogP contribution in [-0.4, -0.2) is 31.8 Å². The van der Waals surface area contributed by atoms with Crippen LogP contribution in [0, 0.1) is 6.92 Å². The molecule has 0 radical (unpaired) electrons. The zero-order chi connectivity index (χ0) is 15.1. The van der Waals surface area contributed by atoms with Crippen LogP contribution in [0.3, 0.4) is 0 Å². The number of nitrogens with zero attached hydrogens (tertiary/aromatic N) is 2. The summed E-state index contributed by atoms with van der Waals surface area (Å²) >= 11 is 1.57. The maximum Gasteiger partial charge on any atom is 0.232 e. The van der Waals surface area contributed by atoms with E-state index in [1.165, 1.54) is 10.6 Å². The predicted octanol–water partition coefficient (Wildman–Crippen LogP) is 3.06. The Labute approximate surface area is 125 Å². The Balaban J connectivity index is 2.62. The lowest BCUT2D eigenvalue weighted by molar-refractivity contribution is 0.594. The summed E-state index contributed by atoms with van der Waals surface area (Å²) in [6, 6.07) is 5.72. The first-order chi connectivity index (χ1) is 9.20. The molecule has 4 nitrogen and oxygen atoms in total. The lowest BCUT2D eigenvalue weighted by atomic mass is 10.2. The average Bonchev–Trinajstić information content (AvgIpc) is 2.28. The topological polar surface area (TPSA) is 49.7 Å². The van der Waals surface area contributed by atoms with Crippen molar-refractivity contribution in [2.75, 3.05) is 10.6 Å². The van der Waals surface area contributed by atoms with Crippen LogP contribution in [0.15, 0.2) is 28.1 Å². The van der Waals surface area contributed by atoms with Crippen LogP contribution in [0.1, 0.15) is 26.3 Å². The largest absolute Gasteiger partial charge is 0.278 e. The number of aliphatic imine (C=N–C) groups is 1. The van der Waals surface area contributed by atoms with Gasteiger partial charge in [0.2, 0.25) is 10.0 Å². The Morgan fingerprint density at radius 1 is 1.35 bits per heavy atom. The molecular weight excluding hydrogens is 292 g/mol. The number of hydrogen-bond acceptors (Lipinski definition) is 4. The van der Waals surface area contributed by atoms with E-state index in [9.17, 15) is 8.42 Å². The number of thioether (sulfide) groups is 1. The van der Waals surface area contributed by atoms with Crippen LogP contribution in [0.4, 0.5) is 5.69 Å². The van der Waals surface area contributed by atoms with Crippen molar-refractivity contribution in [3.63, 3.8) is 0 Å². The summed E-state index contributed by atoms with van der Waals surface area (Å²) in [6.45, 7) is 7.88. The van der Waals surface area contributed by atoms with Crippen LogP contribution in [0.2, 0.25) is 0 Å². The summed E-state index contributed by atoms with van der Waals surface area (Å²) in [7, 11) is -3.33. The van der Waals surface area contributed by atoms with Gasteiger partial charge in [0.05, 0.1) is 23.0 Å². The molecule has 0 fully saturated rings. The van der Waals surface area contributed by atoms with E-state index < -0.39 is 10.0 Å². The van der Waals surface area contributed by atoms with Crippen molar-refractivity contribution in [2.24, 2.45) is 4.99 Å². The monoisotopic (exact) mass is 312 g/mol. The second-order valence-corrected chi connectivity index (χ2v) is 8.29. The zero-order valence-corrected chi connectivity index (χ0v) is 14.0. The zero-order valence-electron chi connectivity index (χ0n) is 12.4. The maximum absolute atomic E-state index is 12.1. The third kappa shape index (κ3) is 3.01. The molecule has 0 saturated heterocycles. The minimum atomic E-state index is -3.33. The average molecular weight is 312 g/mol. The van der Waals surface area contributed by atoms with Gasteiger partial charge >= 0.3 is 0 Å². The smallest absolute Gasteiger partial charge is 0.232 e. The van der Waals surface area contributed by atoms with E-state index in [0.717, 1.165) is 21.2 Å². The van der Waals surface area contributed by atoms with E-state index in [0.29, 0.717) is 0 Å². The van der Waals surface area contributed by atoms with Gasteiger partial charge in [0.15, 0.2) is 0 Å². The Morgan fingerprint density at radius 3 is 2.55 bits per heavy atom. The van der Waals surface area contributed by atoms with Gasteiger partial charge in [-0.1, -0.05) is 17.8 Å². The molecule has 1 aromatic carbocycles. The van der Waals surface area contributed by atoms with E-state index >= 15 is 0 Å². The van der Waals surface area contributed by atoms with Crippen molar-refractivity contribution in [2.45, 2.75) is 44.7 Å². The van der Waals surface area contributed by atoms with Crippen LogP contribution in [0.25, 0.3) is 0 Å². The quantitative estimate of drug-likeness (QED) is 0.843. The highest BCUT2D eigenvalue weighted by molar-refractivity contribution is 8.14. The Morgan fingerprint density at radius 2 is 2.00 bits per heavy atom. The van der Waals surface area contributed by atoms with Crippen molar-refractivity contribution in [3.05, 3.63) is 23.8 Å². The number of hydrogen-bond donors (Lipinski definition) is 0. The second kappa shape index (κ2) is 5.41. The SMILES string of the molecule is Cc1ccc2c(c1)SC(=NC(C)C)C(C)N2S(C)(=O)=O. The van der Waals surface area contributed by atoms with Crippen LogP contribution in [0.5, 0.6) is 0 Å². The minimum Gasteiger partial charge on any atom is -0.278 e. The predicted molar refractivity (Wildman–Crippen MR) is 86.4 cm³/mol. The molecule has 1 aliphatic heterocycles. The van der Waals surface area contributed by atoms with Crippen molar-refractivity contribution in [1.82, 2.24) is 0 Å². The van der Waals surface area contributed by atoms with Crippen molar-refractivity contribution in [1.29, 1.82) is 0 Å². The molecule has 1 atom stereocenters. The maximum atomic E-state index is 12.1. The summed E-state index contributed by atoms with van der Waals surface area (Å²) < 4.78 is 25.7. The van der Waals surface area contributed by atoms with Crippen molar-refractivity contribution >= 4 is 32.5 Å². The second-order valence-electron chi connectivity index (χ2n) is 5.37. The highest BCUT2D eigenvalue weighted by Crippen LogP contribution is 2.41. The fraction of sp³-hybridized carbons (Fsp3) is 0.500. The molecular formula is C14H20N2O2S2. The molecule has 2 rings (SSSR count). The fourth-order valence-electron chi connectivity index (χ4n) is 2.25. The summed E-state index contributed by atoms with van der Waals surface area (Å²) in [5, 5.41) is 0.850. The molecule has 6 heteroatoms. The highest BCUT2D eigenvalue weighted by Gasteiger charge is 2.34. The lowest BCUT2D eigenvalue weighted by Crippen LogP contribution is -2.44. The van der Waals surface area contributed by atoms with E-state index in [4.69, 9.17) is 0 Å². The number of rotatable bonds is 2. The molecule has 0 aromatic heterocycles. The minimum absolute atomic E-state index is 0.146. The van der Waals surface area contributed by atoms with Gasteiger partial charge in [0.25, 0.3) is 0 Å². The Bertz CT molecular complexity index is 651.